The van der Waals surface area contributed by atoms with E-state index >= 15 is 0 Å². The Morgan fingerprint density at radius 1 is 1.33 bits per heavy atom. The monoisotopic (exact) mass is 206 g/mol. The van der Waals surface area contributed by atoms with Crippen LogP contribution in [0.5, 0.6) is 11.5 Å². The highest BCUT2D eigenvalue weighted by Crippen LogP contribution is 2.47. The van der Waals surface area contributed by atoms with Crippen molar-refractivity contribution in [1.82, 2.24) is 0 Å². The fourth-order valence-corrected chi connectivity index (χ4v) is 1.84. The highest BCUT2D eigenvalue weighted by atomic mass is 16.6. The molecule has 0 bridgehead atoms. The Labute approximate surface area is 88.6 Å². The summed E-state index contributed by atoms with van der Waals surface area (Å²) in [4.78, 5) is 0. The molecule has 1 aromatic carbocycles. The first-order chi connectivity index (χ1) is 7.19. The number of hydrogen-bond donors (Lipinski definition) is 1. The maximum Gasteiger partial charge on any atom is 0.162 e. The first kappa shape index (κ1) is 9.04. The van der Waals surface area contributed by atoms with Crippen LogP contribution in [0.15, 0.2) is 18.2 Å². The minimum Gasteiger partial charge on any atom is -0.486 e. The molecule has 3 rings (SSSR count). The molecule has 1 aliphatic carbocycles. The fourth-order valence-electron chi connectivity index (χ4n) is 1.84. The quantitative estimate of drug-likeness (QED) is 0.764. The summed E-state index contributed by atoms with van der Waals surface area (Å²) in [6.45, 7) is 2.41. The zero-order valence-electron chi connectivity index (χ0n) is 8.69. The maximum atomic E-state index is 9.47. The molecule has 1 aliphatic heterocycles. The number of ether oxygens (including phenoxy) is 2. The maximum absolute atomic E-state index is 9.47. The van der Waals surface area contributed by atoms with Crippen LogP contribution in [0.3, 0.4) is 0 Å². The molecule has 0 amide bonds. The Balaban J connectivity index is 1.96. The van der Waals surface area contributed by atoms with Gasteiger partial charge in [0.2, 0.25) is 0 Å². The molecule has 0 radical (unpaired) electrons. The van der Waals surface area contributed by atoms with Crippen LogP contribution < -0.4 is 9.47 Å². The second kappa shape index (κ2) is 2.89. The van der Waals surface area contributed by atoms with E-state index in [0.29, 0.717) is 6.61 Å². The van der Waals surface area contributed by atoms with Crippen molar-refractivity contribution in [3.63, 3.8) is 0 Å². The van der Waals surface area contributed by atoms with E-state index in [4.69, 9.17) is 9.47 Å². The fraction of sp³-hybridized carbons (Fsp3) is 0.500. The predicted octanol–water partition coefficient (Wildman–Crippen LogP) is 2.04. The molecule has 1 unspecified atom stereocenters. The van der Waals surface area contributed by atoms with E-state index in [9.17, 15) is 5.11 Å². The standard InChI is InChI=1S/C12H14O3/c1-8(13)9-2-3-10-11(6-9)15-12(4-5-12)7-14-10/h2-3,6,8,13H,4-5,7H2,1H3. The molecular formula is C12H14O3. The molecule has 15 heavy (non-hydrogen) atoms. The van der Waals surface area contributed by atoms with Gasteiger partial charge in [0.1, 0.15) is 12.2 Å². The van der Waals surface area contributed by atoms with Gasteiger partial charge < -0.3 is 14.6 Å². The Hall–Kier alpha value is -1.22. The highest BCUT2D eigenvalue weighted by molar-refractivity contribution is 5.45. The molecular weight excluding hydrogens is 192 g/mol. The van der Waals surface area contributed by atoms with Gasteiger partial charge in [-0.2, -0.15) is 0 Å². The summed E-state index contributed by atoms with van der Waals surface area (Å²) in [5.41, 5.74) is 0.819. The first-order valence-electron chi connectivity index (χ1n) is 5.32. The summed E-state index contributed by atoms with van der Waals surface area (Å²) in [6, 6.07) is 5.61. The van der Waals surface area contributed by atoms with Gasteiger partial charge in [-0.1, -0.05) is 6.07 Å². The SMILES string of the molecule is CC(O)c1ccc2c(c1)OC1(CC1)CO2. The van der Waals surface area contributed by atoms with Crippen LogP contribution in [0.2, 0.25) is 0 Å². The van der Waals surface area contributed by atoms with Gasteiger partial charge in [0, 0.05) is 0 Å². The topological polar surface area (TPSA) is 38.7 Å². The summed E-state index contributed by atoms with van der Waals surface area (Å²) in [7, 11) is 0. The number of benzene rings is 1. The zero-order valence-corrected chi connectivity index (χ0v) is 8.69. The van der Waals surface area contributed by atoms with Crippen LogP contribution in [-0.4, -0.2) is 17.3 Å². The Kier molecular flexibility index (Phi) is 1.74. The second-order valence-electron chi connectivity index (χ2n) is 4.46. The third-order valence-corrected chi connectivity index (χ3v) is 3.08. The van der Waals surface area contributed by atoms with Crippen LogP contribution in [0.25, 0.3) is 0 Å². The average molecular weight is 206 g/mol. The molecule has 1 saturated carbocycles. The minimum absolute atomic E-state index is 0.0513. The lowest BCUT2D eigenvalue weighted by Gasteiger charge is -2.27. The van der Waals surface area contributed by atoms with Crippen LogP contribution in [0.4, 0.5) is 0 Å². The van der Waals surface area contributed by atoms with E-state index in [2.05, 4.69) is 0 Å². The van der Waals surface area contributed by atoms with Crippen molar-refractivity contribution in [2.24, 2.45) is 0 Å². The van der Waals surface area contributed by atoms with Gasteiger partial charge in [-0.25, -0.2) is 0 Å². The molecule has 80 valence electrons. The number of fused-ring (bicyclic) bond motifs is 1. The van der Waals surface area contributed by atoms with E-state index in [-0.39, 0.29) is 5.60 Å². The molecule has 1 N–H and O–H groups in total. The van der Waals surface area contributed by atoms with Gasteiger partial charge in [-0.15, -0.1) is 0 Å². The van der Waals surface area contributed by atoms with Crippen molar-refractivity contribution in [2.45, 2.75) is 31.5 Å². The van der Waals surface area contributed by atoms with E-state index in [1.807, 2.05) is 18.2 Å². The van der Waals surface area contributed by atoms with Crippen LogP contribution in [0.1, 0.15) is 31.4 Å². The number of hydrogen-bond acceptors (Lipinski definition) is 3. The molecule has 0 aromatic heterocycles. The summed E-state index contributed by atoms with van der Waals surface area (Å²) in [6.07, 6.45) is 1.69. The summed E-state index contributed by atoms with van der Waals surface area (Å²) >= 11 is 0. The van der Waals surface area contributed by atoms with Crippen LogP contribution >= 0.6 is 0 Å². The molecule has 1 aromatic rings. The first-order valence-corrected chi connectivity index (χ1v) is 5.32. The van der Waals surface area contributed by atoms with Gasteiger partial charge >= 0.3 is 0 Å². The lowest BCUT2D eigenvalue weighted by molar-refractivity contribution is 0.0711. The molecule has 1 spiro atoms. The normalized spacial score (nSPS) is 22.5. The lowest BCUT2D eigenvalue weighted by atomic mass is 10.1. The van der Waals surface area contributed by atoms with Crippen molar-refractivity contribution < 1.29 is 14.6 Å². The van der Waals surface area contributed by atoms with Crippen molar-refractivity contribution in [2.75, 3.05) is 6.61 Å². The minimum atomic E-state index is -0.462. The smallest absolute Gasteiger partial charge is 0.162 e. The number of aliphatic hydroxyl groups excluding tert-OH is 1. The lowest BCUT2D eigenvalue weighted by Crippen LogP contribution is -2.30. The molecule has 2 aliphatic rings. The van der Waals surface area contributed by atoms with Gasteiger partial charge in [0.05, 0.1) is 6.10 Å². The summed E-state index contributed by atoms with van der Waals surface area (Å²) in [5.74, 6) is 1.56. The molecule has 1 heterocycles. The largest absolute Gasteiger partial charge is 0.486 e. The average Bonchev–Trinajstić information content (AvgIpc) is 2.96. The summed E-state index contributed by atoms with van der Waals surface area (Å²) in [5, 5.41) is 9.47. The number of rotatable bonds is 1. The van der Waals surface area contributed by atoms with Crippen molar-refractivity contribution >= 4 is 0 Å². The van der Waals surface area contributed by atoms with Crippen LogP contribution in [0, 0.1) is 0 Å². The Morgan fingerprint density at radius 2 is 2.13 bits per heavy atom. The number of aliphatic hydroxyl groups is 1. The predicted molar refractivity (Wildman–Crippen MR) is 55.2 cm³/mol. The van der Waals surface area contributed by atoms with Gasteiger partial charge in [0.25, 0.3) is 0 Å². The second-order valence-corrected chi connectivity index (χ2v) is 4.46. The Bertz CT molecular complexity index is 394. The van der Waals surface area contributed by atoms with Gasteiger partial charge in [0.15, 0.2) is 11.5 Å². The highest BCUT2D eigenvalue weighted by Gasteiger charge is 2.49. The van der Waals surface area contributed by atoms with E-state index < -0.39 is 6.10 Å². The van der Waals surface area contributed by atoms with E-state index in [0.717, 1.165) is 29.9 Å². The molecule has 3 heteroatoms. The van der Waals surface area contributed by atoms with Gasteiger partial charge in [-0.05, 0) is 37.5 Å². The van der Waals surface area contributed by atoms with E-state index in [1.165, 1.54) is 0 Å². The van der Waals surface area contributed by atoms with Crippen LogP contribution in [-0.2, 0) is 0 Å². The zero-order chi connectivity index (χ0) is 10.5. The van der Waals surface area contributed by atoms with Crippen molar-refractivity contribution in [3.05, 3.63) is 23.8 Å². The van der Waals surface area contributed by atoms with E-state index in [1.54, 1.807) is 6.92 Å². The molecule has 3 nitrogen and oxygen atoms in total. The summed E-state index contributed by atoms with van der Waals surface area (Å²) < 4.78 is 11.5. The third-order valence-electron chi connectivity index (χ3n) is 3.08. The molecule has 1 fully saturated rings. The Morgan fingerprint density at radius 3 is 2.80 bits per heavy atom. The molecule has 0 saturated heterocycles. The van der Waals surface area contributed by atoms with Crippen molar-refractivity contribution in [1.29, 1.82) is 0 Å². The molecule has 1 atom stereocenters. The van der Waals surface area contributed by atoms with Gasteiger partial charge in [-0.3, -0.25) is 0 Å². The van der Waals surface area contributed by atoms with Crippen molar-refractivity contribution in [3.8, 4) is 11.5 Å². The third kappa shape index (κ3) is 1.47.